The molecule has 0 unspecified atom stereocenters. The molecule has 0 aliphatic heterocycles. The third kappa shape index (κ3) is 2.85. The fraction of sp³-hybridized carbons (Fsp3) is 0.188. The number of benzene rings is 2. The Morgan fingerprint density at radius 3 is 2.55 bits per heavy atom. The van der Waals surface area contributed by atoms with Gasteiger partial charge in [0.1, 0.15) is 5.75 Å². The van der Waals surface area contributed by atoms with E-state index in [1.54, 1.807) is 17.0 Å². The minimum Gasteiger partial charge on any atom is -0.507 e. The minimum absolute atomic E-state index is 0.0172. The highest BCUT2D eigenvalue weighted by Gasteiger charge is 2.20. The van der Waals surface area contributed by atoms with Gasteiger partial charge in [0.2, 0.25) is 0 Å². The quantitative estimate of drug-likeness (QED) is 0.917. The lowest BCUT2D eigenvalue weighted by Crippen LogP contribution is -2.31. The summed E-state index contributed by atoms with van der Waals surface area (Å²) in [4.78, 5) is 14.3. The monoisotopic (exact) mass is 333 g/mol. The molecule has 1 amide bonds. The maximum Gasteiger partial charge on any atom is 0.262 e. The second-order valence-electron chi connectivity index (χ2n) is 4.50. The molecule has 0 radical (unpaired) electrons. The van der Waals surface area contributed by atoms with Crippen LogP contribution >= 0.6 is 15.9 Å². The second-order valence-corrected chi connectivity index (χ2v) is 5.41. The van der Waals surface area contributed by atoms with Crippen LogP contribution in [-0.4, -0.2) is 17.6 Å². The fourth-order valence-electron chi connectivity index (χ4n) is 2.12. The molecule has 0 spiro atoms. The number of para-hydroxylation sites is 1. The number of anilines is 1. The summed E-state index contributed by atoms with van der Waals surface area (Å²) in [5.41, 5.74) is 2.19. The van der Waals surface area contributed by atoms with E-state index >= 15 is 0 Å². The Kier molecular flexibility index (Phi) is 4.45. The molecule has 1 N–H and O–H groups in total. The molecule has 0 aliphatic carbocycles. The highest BCUT2D eigenvalue weighted by molar-refractivity contribution is 9.10. The van der Waals surface area contributed by atoms with Gasteiger partial charge in [0.15, 0.2) is 0 Å². The van der Waals surface area contributed by atoms with Crippen LogP contribution in [0.4, 0.5) is 5.69 Å². The molecule has 0 bridgehead atoms. The zero-order valence-corrected chi connectivity index (χ0v) is 13.0. The van der Waals surface area contributed by atoms with E-state index in [0.717, 1.165) is 15.7 Å². The summed E-state index contributed by atoms with van der Waals surface area (Å²) in [7, 11) is 0. The van der Waals surface area contributed by atoms with Crippen molar-refractivity contribution in [3.8, 4) is 5.75 Å². The Morgan fingerprint density at radius 1 is 1.25 bits per heavy atom. The summed E-state index contributed by atoms with van der Waals surface area (Å²) in [5.74, 6) is -0.219. The number of hydrogen-bond acceptors (Lipinski definition) is 2. The minimum atomic E-state index is -0.202. The van der Waals surface area contributed by atoms with Gasteiger partial charge in [-0.2, -0.15) is 0 Å². The molecular weight excluding hydrogens is 318 g/mol. The van der Waals surface area contributed by atoms with Crippen molar-refractivity contribution in [1.82, 2.24) is 0 Å². The molecule has 3 nitrogen and oxygen atoms in total. The molecule has 0 aromatic heterocycles. The number of amides is 1. The van der Waals surface area contributed by atoms with Gasteiger partial charge in [-0.3, -0.25) is 4.79 Å². The van der Waals surface area contributed by atoms with E-state index in [-0.39, 0.29) is 11.7 Å². The van der Waals surface area contributed by atoms with Crippen molar-refractivity contribution in [3.05, 3.63) is 58.1 Å². The molecule has 2 aromatic carbocycles. The molecule has 0 saturated heterocycles. The van der Waals surface area contributed by atoms with Crippen molar-refractivity contribution in [3.63, 3.8) is 0 Å². The third-order valence-electron chi connectivity index (χ3n) is 3.16. The van der Waals surface area contributed by atoms with E-state index < -0.39 is 0 Å². The number of carbonyl (C=O) groups excluding carboxylic acids is 1. The largest absolute Gasteiger partial charge is 0.507 e. The smallest absolute Gasteiger partial charge is 0.262 e. The number of carbonyl (C=O) groups is 1. The van der Waals surface area contributed by atoms with Crippen LogP contribution in [0.2, 0.25) is 0 Å². The number of halogens is 1. The van der Waals surface area contributed by atoms with Crippen molar-refractivity contribution in [1.29, 1.82) is 0 Å². The Hall–Kier alpha value is -1.81. The Balaban J connectivity index is 2.42. The lowest BCUT2D eigenvalue weighted by atomic mass is 10.1. The van der Waals surface area contributed by atoms with Gasteiger partial charge in [0.25, 0.3) is 5.91 Å². The molecule has 2 rings (SSSR count). The van der Waals surface area contributed by atoms with E-state index in [9.17, 15) is 9.90 Å². The normalized spacial score (nSPS) is 10.3. The zero-order valence-electron chi connectivity index (χ0n) is 11.4. The molecule has 0 aliphatic rings. The van der Waals surface area contributed by atoms with Crippen molar-refractivity contribution >= 4 is 27.5 Å². The van der Waals surface area contributed by atoms with Crippen LogP contribution in [-0.2, 0) is 0 Å². The second kappa shape index (κ2) is 6.09. The first-order valence-corrected chi connectivity index (χ1v) is 7.20. The molecule has 0 fully saturated rings. The fourth-order valence-corrected chi connectivity index (χ4v) is 2.47. The van der Waals surface area contributed by atoms with Crippen LogP contribution < -0.4 is 4.90 Å². The van der Waals surface area contributed by atoms with Gasteiger partial charge in [0, 0.05) is 16.7 Å². The van der Waals surface area contributed by atoms with Crippen LogP contribution in [0.3, 0.4) is 0 Å². The van der Waals surface area contributed by atoms with Gasteiger partial charge in [-0.05, 0) is 43.7 Å². The highest BCUT2D eigenvalue weighted by atomic mass is 79.9. The summed E-state index contributed by atoms with van der Waals surface area (Å²) in [6.07, 6.45) is 0. The van der Waals surface area contributed by atoms with Crippen molar-refractivity contribution < 1.29 is 9.90 Å². The number of phenolic OH excluding ortho intramolecular Hbond substituents is 1. The maximum atomic E-state index is 12.6. The number of hydrogen-bond donors (Lipinski definition) is 1. The van der Waals surface area contributed by atoms with Crippen molar-refractivity contribution in [2.45, 2.75) is 13.8 Å². The molecule has 0 atom stereocenters. The molecule has 0 saturated carbocycles. The lowest BCUT2D eigenvalue weighted by Gasteiger charge is -2.23. The molecule has 104 valence electrons. The van der Waals surface area contributed by atoms with Gasteiger partial charge >= 0.3 is 0 Å². The number of nitrogens with zero attached hydrogens (tertiary/aromatic N) is 1. The van der Waals surface area contributed by atoms with E-state index in [0.29, 0.717) is 12.1 Å². The van der Waals surface area contributed by atoms with Gasteiger partial charge in [-0.1, -0.05) is 34.1 Å². The summed E-state index contributed by atoms with van der Waals surface area (Å²) in [6.45, 7) is 4.42. The number of rotatable bonds is 3. The SMILES string of the molecule is CCN(C(=O)c1ccc(Br)cc1O)c1ccccc1C. The standard InChI is InChI=1S/C16H16BrNO2/c1-3-18(14-7-5-4-6-11(14)2)16(20)13-9-8-12(17)10-15(13)19/h4-10,19H,3H2,1-2H3. The first-order chi connectivity index (χ1) is 9.54. The van der Waals surface area contributed by atoms with Gasteiger partial charge in [0.05, 0.1) is 5.56 Å². The Morgan fingerprint density at radius 2 is 1.95 bits per heavy atom. The summed E-state index contributed by atoms with van der Waals surface area (Å²) in [6, 6.07) is 12.6. The van der Waals surface area contributed by atoms with Crippen LogP contribution in [0.25, 0.3) is 0 Å². The average Bonchev–Trinajstić information content (AvgIpc) is 2.41. The zero-order chi connectivity index (χ0) is 14.7. The Labute approximate surface area is 127 Å². The first-order valence-electron chi connectivity index (χ1n) is 6.40. The van der Waals surface area contributed by atoms with Gasteiger partial charge in [-0.25, -0.2) is 0 Å². The topological polar surface area (TPSA) is 40.5 Å². The molecule has 4 heteroatoms. The van der Waals surface area contributed by atoms with E-state index in [4.69, 9.17) is 0 Å². The third-order valence-corrected chi connectivity index (χ3v) is 3.65. The Bertz CT molecular complexity index is 640. The van der Waals surface area contributed by atoms with E-state index in [1.807, 2.05) is 38.1 Å². The van der Waals surface area contributed by atoms with Crippen LogP contribution in [0.1, 0.15) is 22.8 Å². The van der Waals surface area contributed by atoms with Crippen molar-refractivity contribution in [2.24, 2.45) is 0 Å². The average molecular weight is 334 g/mol. The molecular formula is C16H16BrNO2. The van der Waals surface area contributed by atoms with Gasteiger partial charge in [-0.15, -0.1) is 0 Å². The van der Waals surface area contributed by atoms with Crippen molar-refractivity contribution in [2.75, 3.05) is 11.4 Å². The summed E-state index contributed by atoms with van der Waals surface area (Å²) >= 11 is 3.27. The first kappa shape index (κ1) is 14.6. The summed E-state index contributed by atoms with van der Waals surface area (Å²) < 4.78 is 0.741. The maximum absolute atomic E-state index is 12.6. The molecule has 2 aromatic rings. The number of phenols is 1. The predicted octanol–water partition coefficient (Wildman–Crippen LogP) is 4.13. The van der Waals surface area contributed by atoms with Crippen LogP contribution in [0.5, 0.6) is 5.75 Å². The van der Waals surface area contributed by atoms with E-state index in [2.05, 4.69) is 15.9 Å². The lowest BCUT2D eigenvalue weighted by molar-refractivity contribution is 0.0985. The predicted molar refractivity (Wildman–Crippen MR) is 84.3 cm³/mol. The van der Waals surface area contributed by atoms with Crippen LogP contribution in [0.15, 0.2) is 46.9 Å². The highest BCUT2D eigenvalue weighted by Crippen LogP contribution is 2.27. The molecule has 20 heavy (non-hydrogen) atoms. The van der Waals surface area contributed by atoms with Gasteiger partial charge < -0.3 is 10.0 Å². The number of aromatic hydroxyl groups is 1. The van der Waals surface area contributed by atoms with E-state index in [1.165, 1.54) is 6.07 Å². The summed E-state index contributed by atoms with van der Waals surface area (Å²) in [5, 5.41) is 9.94. The molecule has 0 heterocycles. The van der Waals surface area contributed by atoms with Crippen LogP contribution in [0, 0.1) is 6.92 Å². The number of aryl methyl sites for hydroxylation is 1.